The molecule has 4 aromatic rings. The molecule has 0 fully saturated rings. The van der Waals surface area contributed by atoms with Crippen LogP contribution in [0.15, 0.2) is 77.0 Å². The summed E-state index contributed by atoms with van der Waals surface area (Å²) >= 11 is 1.58. The summed E-state index contributed by atoms with van der Waals surface area (Å²) in [5, 5.41) is 4.86. The second-order valence-corrected chi connectivity index (χ2v) is 6.71. The molecule has 0 radical (unpaired) electrons. The molecule has 25 heavy (non-hydrogen) atoms. The topological polar surface area (TPSA) is 62.7 Å². The maximum Gasteiger partial charge on any atom is 0.272 e. The van der Waals surface area contributed by atoms with E-state index >= 15 is 0 Å². The molecule has 0 unspecified atom stereocenters. The lowest BCUT2D eigenvalue weighted by Crippen LogP contribution is -2.12. The Hall–Kier alpha value is -2.99. The minimum Gasteiger partial charge on any atom is -0.351 e. The van der Waals surface area contributed by atoms with E-state index in [-0.39, 0.29) is 5.91 Å². The van der Waals surface area contributed by atoms with E-state index in [2.05, 4.69) is 15.3 Å². The maximum atomic E-state index is 12.4. The summed E-state index contributed by atoms with van der Waals surface area (Å²) in [5.74, 6) is -0.152. The van der Waals surface area contributed by atoms with Gasteiger partial charge in [-0.15, -0.1) is 0 Å². The Kier molecular flexibility index (Phi) is 4.03. The zero-order valence-electron chi connectivity index (χ0n) is 13.6. The Balaban J connectivity index is 1.47. The number of carbonyl (C=O) groups is 1. The molecular weight excluding hydrogens is 332 g/mol. The molecule has 124 valence electrons. The van der Waals surface area contributed by atoms with Gasteiger partial charge in [0.25, 0.3) is 5.91 Å². The first kappa shape index (κ1) is 15.5. The molecule has 2 heterocycles. The molecule has 4 rings (SSSR count). The normalized spacial score (nSPS) is 10.9. The Morgan fingerprint density at radius 3 is 2.68 bits per heavy atom. The van der Waals surface area contributed by atoms with Crippen LogP contribution in [0.4, 0.5) is 5.69 Å². The zero-order chi connectivity index (χ0) is 17.2. The fourth-order valence-corrected chi connectivity index (χ4v) is 3.36. The third-order valence-corrected chi connectivity index (χ3v) is 4.96. The van der Waals surface area contributed by atoms with Gasteiger partial charge in [0.1, 0.15) is 5.69 Å². The lowest BCUT2D eigenvalue weighted by atomic mass is 10.2. The number of nitrogens with one attached hydrogen (secondary N) is 2. The lowest BCUT2D eigenvalue weighted by molar-refractivity contribution is 0.102. The summed E-state index contributed by atoms with van der Waals surface area (Å²) in [4.78, 5) is 20.9. The van der Waals surface area contributed by atoms with Crippen LogP contribution in [0.25, 0.3) is 10.9 Å². The van der Waals surface area contributed by atoms with Gasteiger partial charge in [-0.3, -0.25) is 4.79 Å². The second kappa shape index (κ2) is 6.49. The third kappa shape index (κ3) is 3.29. The number of hydrogen-bond donors (Lipinski definition) is 2. The fourth-order valence-electron chi connectivity index (χ4n) is 2.56. The van der Waals surface area contributed by atoms with Crippen LogP contribution >= 0.6 is 11.8 Å². The van der Waals surface area contributed by atoms with Crippen LogP contribution in [0.5, 0.6) is 0 Å². The minimum atomic E-state index is -0.152. The molecule has 0 atom stereocenters. The van der Waals surface area contributed by atoms with Gasteiger partial charge in [-0.2, -0.15) is 0 Å². The number of H-pyrrole nitrogens is 1. The Morgan fingerprint density at radius 1 is 1.16 bits per heavy atom. The van der Waals surface area contributed by atoms with Crippen LogP contribution in [0.2, 0.25) is 0 Å². The van der Waals surface area contributed by atoms with E-state index in [1.807, 2.05) is 72.4 Å². The average Bonchev–Trinajstić information content (AvgIpc) is 3.23. The highest BCUT2D eigenvalue weighted by Gasteiger charge is 2.10. The molecule has 0 saturated heterocycles. The molecule has 1 amide bonds. The largest absolute Gasteiger partial charge is 0.351 e. The van der Waals surface area contributed by atoms with E-state index in [4.69, 9.17) is 0 Å². The van der Waals surface area contributed by atoms with Crippen molar-refractivity contribution >= 4 is 34.3 Å². The van der Waals surface area contributed by atoms with Crippen molar-refractivity contribution in [3.8, 4) is 0 Å². The Bertz CT molecular complexity index is 1000. The van der Waals surface area contributed by atoms with Crippen LogP contribution in [0.1, 0.15) is 10.5 Å². The van der Waals surface area contributed by atoms with E-state index < -0.39 is 0 Å². The smallest absolute Gasteiger partial charge is 0.272 e. The second-order valence-electron chi connectivity index (χ2n) is 5.67. The van der Waals surface area contributed by atoms with Crippen LogP contribution in [-0.4, -0.2) is 20.4 Å². The van der Waals surface area contributed by atoms with E-state index in [0.29, 0.717) is 5.69 Å². The van der Waals surface area contributed by atoms with Gasteiger partial charge in [0.2, 0.25) is 0 Å². The summed E-state index contributed by atoms with van der Waals surface area (Å²) in [5.41, 5.74) is 2.26. The highest BCUT2D eigenvalue weighted by molar-refractivity contribution is 7.99. The molecule has 6 heteroatoms. The summed E-state index contributed by atoms with van der Waals surface area (Å²) < 4.78 is 1.97. The number of aryl methyl sites for hydroxylation is 1. The van der Waals surface area contributed by atoms with Gasteiger partial charge in [0.15, 0.2) is 5.16 Å². The number of aromatic nitrogens is 3. The monoisotopic (exact) mass is 348 g/mol. The van der Waals surface area contributed by atoms with Crippen molar-refractivity contribution in [2.75, 3.05) is 5.32 Å². The van der Waals surface area contributed by atoms with Gasteiger partial charge in [0.05, 0.1) is 0 Å². The first-order valence-corrected chi connectivity index (χ1v) is 8.65. The number of carbonyl (C=O) groups excluding carboxylic acids is 1. The first-order chi connectivity index (χ1) is 12.2. The van der Waals surface area contributed by atoms with E-state index in [1.165, 1.54) is 0 Å². The summed E-state index contributed by atoms with van der Waals surface area (Å²) in [6, 6.07) is 17.4. The molecule has 5 nitrogen and oxygen atoms in total. The van der Waals surface area contributed by atoms with Crippen molar-refractivity contribution in [1.82, 2.24) is 14.5 Å². The summed E-state index contributed by atoms with van der Waals surface area (Å²) in [7, 11) is 1.96. The first-order valence-electron chi connectivity index (χ1n) is 7.83. The number of aromatic amines is 1. The van der Waals surface area contributed by atoms with Gasteiger partial charge in [-0.1, -0.05) is 30.0 Å². The standard InChI is InChI=1S/C19H16N4OS/c1-23-11-10-20-19(23)25-15-8-6-14(7-9-15)21-18(24)17-12-13-4-2-3-5-16(13)22-17/h2-12,22H,1H3,(H,21,24). The van der Waals surface area contributed by atoms with Gasteiger partial charge in [-0.25, -0.2) is 4.98 Å². The molecule has 2 aromatic carbocycles. The van der Waals surface area contributed by atoms with Crippen molar-refractivity contribution < 1.29 is 4.79 Å². The van der Waals surface area contributed by atoms with Crippen molar-refractivity contribution in [1.29, 1.82) is 0 Å². The maximum absolute atomic E-state index is 12.4. The van der Waals surface area contributed by atoms with Gasteiger partial charge in [-0.05, 0) is 36.4 Å². The van der Waals surface area contributed by atoms with Crippen molar-refractivity contribution in [2.45, 2.75) is 10.1 Å². The van der Waals surface area contributed by atoms with E-state index in [1.54, 1.807) is 18.0 Å². The highest BCUT2D eigenvalue weighted by atomic mass is 32.2. The molecule has 2 N–H and O–H groups in total. The van der Waals surface area contributed by atoms with Crippen LogP contribution in [-0.2, 0) is 7.05 Å². The molecule has 0 spiro atoms. The number of amides is 1. The SMILES string of the molecule is Cn1ccnc1Sc1ccc(NC(=O)c2cc3ccccc3[nH]2)cc1. The van der Waals surface area contributed by atoms with Crippen LogP contribution in [0.3, 0.4) is 0 Å². The van der Waals surface area contributed by atoms with Gasteiger partial charge in [0, 0.05) is 40.9 Å². The number of benzene rings is 2. The molecule has 0 aliphatic rings. The molecule has 0 aliphatic carbocycles. The number of fused-ring (bicyclic) bond motifs is 1. The predicted molar refractivity (Wildman–Crippen MR) is 100 cm³/mol. The van der Waals surface area contributed by atoms with Gasteiger partial charge < -0.3 is 14.9 Å². The molecular formula is C19H16N4OS. The summed E-state index contributed by atoms with van der Waals surface area (Å²) in [6.07, 6.45) is 3.69. The highest BCUT2D eigenvalue weighted by Crippen LogP contribution is 2.27. The van der Waals surface area contributed by atoms with Crippen molar-refractivity contribution in [2.24, 2.45) is 7.05 Å². The summed E-state index contributed by atoms with van der Waals surface area (Å²) in [6.45, 7) is 0. The van der Waals surface area contributed by atoms with E-state index in [9.17, 15) is 4.79 Å². The molecule has 0 aliphatic heterocycles. The average molecular weight is 348 g/mol. The number of nitrogens with zero attached hydrogens (tertiary/aromatic N) is 2. The third-order valence-electron chi connectivity index (χ3n) is 3.87. The number of para-hydroxylation sites is 1. The molecule has 0 saturated carbocycles. The van der Waals surface area contributed by atoms with Gasteiger partial charge >= 0.3 is 0 Å². The number of rotatable bonds is 4. The predicted octanol–water partition coefficient (Wildman–Crippen LogP) is 4.30. The number of imidazole rings is 1. The number of anilines is 1. The Labute approximate surface area is 149 Å². The van der Waals surface area contributed by atoms with Crippen molar-refractivity contribution in [3.63, 3.8) is 0 Å². The quantitative estimate of drug-likeness (QED) is 0.578. The molecule has 0 bridgehead atoms. The van der Waals surface area contributed by atoms with Crippen LogP contribution < -0.4 is 5.32 Å². The Morgan fingerprint density at radius 2 is 1.96 bits per heavy atom. The lowest BCUT2D eigenvalue weighted by Gasteiger charge is -2.05. The zero-order valence-corrected chi connectivity index (χ0v) is 14.4. The number of hydrogen-bond acceptors (Lipinski definition) is 3. The minimum absolute atomic E-state index is 0.152. The van der Waals surface area contributed by atoms with Crippen LogP contribution in [0, 0.1) is 0 Å². The fraction of sp³-hybridized carbons (Fsp3) is 0.0526. The van der Waals surface area contributed by atoms with E-state index in [0.717, 1.165) is 26.6 Å². The molecule has 2 aromatic heterocycles. The van der Waals surface area contributed by atoms with Crippen molar-refractivity contribution in [3.05, 3.63) is 72.7 Å².